The Morgan fingerprint density at radius 3 is 2.71 bits per heavy atom. The van der Waals surface area contributed by atoms with Crippen LogP contribution in [0.4, 0.5) is 0 Å². The third-order valence-electron chi connectivity index (χ3n) is 3.23. The molecule has 0 aromatic rings. The van der Waals surface area contributed by atoms with E-state index in [4.69, 9.17) is 0 Å². The Hall–Kier alpha value is -0.120. The largest absolute Gasteiger partial charge is 0.396 e. The zero-order chi connectivity index (χ0) is 10.4. The van der Waals surface area contributed by atoms with Gasteiger partial charge in [-0.05, 0) is 25.2 Å². The normalized spacial score (nSPS) is 30.2. The van der Waals surface area contributed by atoms with Crippen LogP contribution < -0.4 is 5.32 Å². The van der Waals surface area contributed by atoms with E-state index < -0.39 is 0 Å². The van der Waals surface area contributed by atoms with Crippen LogP contribution in [0.15, 0.2) is 0 Å². The van der Waals surface area contributed by atoms with E-state index in [0.717, 1.165) is 19.3 Å². The van der Waals surface area contributed by atoms with Gasteiger partial charge in [0.15, 0.2) is 0 Å². The molecule has 0 aliphatic heterocycles. The Kier molecular flexibility index (Phi) is 5.45. The molecule has 84 valence electrons. The van der Waals surface area contributed by atoms with Crippen molar-refractivity contribution in [1.29, 1.82) is 0 Å². The highest BCUT2D eigenvalue weighted by atomic mass is 16.3. The van der Waals surface area contributed by atoms with Crippen molar-refractivity contribution in [2.75, 3.05) is 13.2 Å². The standard InChI is InChI=1S/C11H23NO2/c1-2-10(14)7-12-11-6-4-3-5-9(11)8-13/h9-14H,2-8H2,1H3/t9?,10-,11?/m1/s1. The van der Waals surface area contributed by atoms with Gasteiger partial charge in [-0.25, -0.2) is 0 Å². The van der Waals surface area contributed by atoms with Crippen molar-refractivity contribution in [3.63, 3.8) is 0 Å². The molecule has 0 spiro atoms. The average Bonchev–Trinajstić information content (AvgIpc) is 2.26. The van der Waals surface area contributed by atoms with E-state index in [-0.39, 0.29) is 12.7 Å². The van der Waals surface area contributed by atoms with Crippen LogP contribution in [0.3, 0.4) is 0 Å². The molecule has 1 aliphatic carbocycles. The average molecular weight is 201 g/mol. The molecule has 0 aromatic heterocycles. The van der Waals surface area contributed by atoms with E-state index in [1.54, 1.807) is 0 Å². The summed E-state index contributed by atoms with van der Waals surface area (Å²) in [6.45, 7) is 2.92. The lowest BCUT2D eigenvalue weighted by Crippen LogP contribution is -2.43. The Morgan fingerprint density at radius 1 is 1.36 bits per heavy atom. The smallest absolute Gasteiger partial charge is 0.0662 e. The number of aliphatic hydroxyl groups is 2. The van der Waals surface area contributed by atoms with Crippen LogP contribution in [-0.4, -0.2) is 35.5 Å². The number of aliphatic hydroxyl groups excluding tert-OH is 2. The minimum atomic E-state index is -0.240. The lowest BCUT2D eigenvalue weighted by molar-refractivity contribution is 0.125. The summed E-state index contributed by atoms with van der Waals surface area (Å²) in [7, 11) is 0. The fraction of sp³-hybridized carbons (Fsp3) is 1.00. The third-order valence-corrected chi connectivity index (χ3v) is 3.23. The van der Waals surface area contributed by atoms with Gasteiger partial charge in [-0.15, -0.1) is 0 Å². The Bertz CT molecular complexity index is 152. The number of hydrogen-bond acceptors (Lipinski definition) is 3. The summed E-state index contributed by atoms with van der Waals surface area (Å²) in [6.07, 6.45) is 5.30. The Labute approximate surface area is 86.5 Å². The molecule has 1 rings (SSSR count). The maximum absolute atomic E-state index is 9.42. The van der Waals surface area contributed by atoms with Gasteiger partial charge in [0.05, 0.1) is 6.10 Å². The highest BCUT2D eigenvalue weighted by Crippen LogP contribution is 2.23. The molecule has 3 heteroatoms. The second-order valence-corrected chi connectivity index (χ2v) is 4.30. The molecule has 1 fully saturated rings. The summed E-state index contributed by atoms with van der Waals surface area (Å²) in [5.41, 5.74) is 0. The van der Waals surface area contributed by atoms with E-state index in [0.29, 0.717) is 18.5 Å². The second kappa shape index (κ2) is 6.38. The zero-order valence-corrected chi connectivity index (χ0v) is 9.08. The van der Waals surface area contributed by atoms with Gasteiger partial charge in [0, 0.05) is 19.2 Å². The second-order valence-electron chi connectivity index (χ2n) is 4.30. The van der Waals surface area contributed by atoms with Crippen molar-refractivity contribution in [2.24, 2.45) is 5.92 Å². The summed E-state index contributed by atoms with van der Waals surface area (Å²) in [6, 6.07) is 0.412. The SMILES string of the molecule is CC[C@@H](O)CNC1CCCCC1CO. The van der Waals surface area contributed by atoms with Crippen LogP contribution >= 0.6 is 0 Å². The van der Waals surface area contributed by atoms with Gasteiger partial charge in [0.1, 0.15) is 0 Å². The summed E-state index contributed by atoms with van der Waals surface area (Å²) in [5, 5.41) is 22.0. The molecular weight excluding hydrogens is 178 g/mol. The van der Waals surface area contributed by atoms with Crippen LogP contribution in [0.2, 0.25) is 0 Å². The predicted molar refractivity (Wildman–Crippen MR) is 57.1 cm³/mol. The lowest BCUT2D eigenvalue weighted by atomic mass is 9.85. The first-order valence-electron chi connectivity index (χ1n) is 5.80. The molecule has 1 aliphatic rings. The fourth-order valence-electron chi connectivity index (χ4n) is 2.13. The first kappa shape index (κ1) is 12.0. The van der Waals surface area contributed by atoms with Crippen molar-refractivity contribution >= 4 is 0 Å². The topological polar surface area (TPSA) is 52.5 Å². The van der Waals surface area contributed by atoms with Crippen molar-refractivity contribution in [2.45, 2.75) is 51.2 Å². The van der Waals surface area contributed by atoms with Crippen molar-refractivity contribution < 1.29 is 10.2 Å². The molecule has 3 atom stereocenters. The highest BCUT2D eigenvalue weighted by Gasteiger charge is 2.24. The maximum Gasteiger partial charge on any atom is 0.0662 e. The molecule has 3 nitrogen and oxygen atoms in total. The van der Waals surface area contributed by atoms with E-state index >= 15 is 0 Å². The molecule has 0 bridgehead atoms. The van der Waals surface area contributed by atoms with Crippen LogP contribution in [0, 0.1) is 5.92 Å². The summed E-state index contributed by atoms with van der Waals surface area (Å²) in [5.74, 6) is 0.396. The fourth-order valence-corrected chi connectivity index (χ4v) is 2.13. The summed E-state index contributed by atoms with van der Waals surface area (Å²) in [4.78, 5) is 0. The molecule has 0 saturated heterocycles. The number of hydrogen-bond donors (Lipinski definition) is 3. The van der Waals surface area contributed by atoms with E-state index in [9.17, 15) is 10.2 Å². The molecule has 0 heterocycles. The molecule has 1 saturated carbocycles. The maximum atomic E-state index is 9.42. The Balaban J connectivity index is 2.26. The first-order chi connectivity index (χ1) is 6.77. The monoisotopic (exact) mass is 201 g/mol. The molecule has 0 radical (unpaired) electrons. The molecule has 0 amide bonds. The van der Waals surface area contributed by atoms with E-state index in [1.807, 2.05) is 6.92 Å². The van der Waals surface area contributed by atoms with Crippen LogP contribution in [0.1, 0.15) is 39.0 Å². The van der Waals surface area contributed by atoms with Gasteiger partial charge in [-0.3, -0.25) is 0 Å². The quantitative estimate of drug-likeness (QED) is 0.619. The van der Waals surface area contributed by atoms with Gasteiger partial charge in [0.2, 0.25) is 0 Å². The van der Waals surface area contributed by atoms with Crippen molar-refractivity contribution in [3.8, 4) is 0 Å². The molecule has 0 aromatic carbocycles. The molecule has 2 unspecified atom stereocenters. The zero-order valence-electron chi connectivity index (χ0n) is 9.08. The van der Waals surface area contributed by atoms with Crippen LogP contribution in [-0.2, 0) is 0 Å². The first-order valence-corrected chi connectivity index (χ1v) is 5.80. The minimum Gasteiger partial charge on any atom is -0.396 e. The van der Waals surface area contributed by atoms with E-state index in [2.05, 4.69) is 5.32 Å². The van der Waals surface area contributed by atoms with Crippen molar-refractivity contribution in [3.05, 3.63) is 0 Å². The highest BCUT2D eigenvalue weighted by molar-refractivity contribution is 4.81. The van der Waals surface area contributed by atoms with Gasteiger partial charge in [0.25, 0.3) is 0 Å². The van der Waals surface area contributed by atoms with E-state index in [1.165, 1.54) is 12.8 Å². The molecular formula is C11H23NO2. The van der Waals surface area contributed by atoms with Gasteiger partial charge < -0.3 is 15.5 Å². The molecule has 3 N–H and O–H groups in total. The number of nitrogens with one attached hydrogen (secondary N) is 1. The summed E-state index contributed by atoms with van der Waals surface area (Å²) < 4.78 is 0. The van der Waals surface area contributed by atoms with Gasteiger partial charge in [-0.1, -0.05) is 19.8 Å². The minimum absolute atomic E-state index is 0.240. The Morgan fingerprint density at radius 2 is 2.07 bits per heavy atom. The van der Waals surface area contributed by atoms with Gasteiger partial charge >= 0.3 is 0 Å². The lowest BCUT2D eigenvalue weighted by Gasteiger charge is -2.31. The molecule has 14 heavy (non-hydrogen) atoms. The summed E-state index contributed by atoms with van der Waals surface area (Å²) >= 11 is 0. The predicted octanol–water partition coefficient (Wildman–Crippen LogP) is 0.898. The van der Waals surface area contributed by atoms with Crippen molar-refractivity contribution in [1.82, 2.24) is 5.32 Å². The third kappa shape index (κ3) is 3.56. The van der Waals surface area contributed by atoms with Crippen LogP contribution in [0.25, 0.3) is 0 Å². The van der Waals surface area contributed by atoms with Crippen LogP contribution in [0.5, 0.6) is 0 Å². The van der Waals surface area contributed by atoms with Gasteiger partial charge in [-0.2, -0.15) is 0 Å². The number of rotatable bonds is 5.